The summed E-state index contributed by atoms with van der Waals surface area (Å²) in [7, 11) is 0. The highest BCUT2D eigenvalue weighted by Crippen LogP contribution is 2.28. The van der Waals surface area contributed by atoms with Gasteiger partial charge in [0.25, 0.3) is 0 Å². The monoisotopic (exact) mass is 271 g/mol. The van der Waals surface area contributed by atoms with Crippen LogP contribution in [0.2, 0.25) is 0 Å². The molecule has 1 aromatic heterocycles. The Balaban J connectivity index is 1.97. The highest BCUT2D eigenvalue weighted by Gasteiger charge is 2.29. The maximum Gasteiger partial charge on any atom is 0.233 e. The van der Waals surface area contributed by atoms with E-state index >= 15 is 0 Å². The Bertz CT molecular complexity index is 389. The van der Waals surface area contributed by atoms with E-state index in [1.807, 2.05) is 0 Å². The number of thioether (sulfide) groups is 1. The largest absolute Gasteiger partial charge is 0.381 e. The van der Waals surface area contributed by atoms with E-state index in [-0.39, 0.29) is 16.7 Å². The third-order valence-corrected chi connectivity index (χ3v) is 4.11. The van der Waals surface area contributed by atoms with E-state index in [1.165, 1.54) is 0 Å². The molecular weight excluding hydrogens is 250 g/mol. The number of hydrogen-bond donors (Lipinski definition) is 1. The summed E-state index contributed by atoms with van der Waals surface area (Å²) in [5, 5.41) is 4.01. The van der Waals surface area contributed by atoms with Gasteiger partial charge < -0.3 is 15.0 Å². The van der Waals surface area contributed by atoms with Crippen LogP contribution in [0.3, 0.4) is 0 Å². The molecule has 1 aliphatic rings. The van der Waals surface area contributed by atoms with Gasteiger partial charge in [-0.15, -0.1) is 11.8 Å². The number of nitrogens with two attached hydrogens (primary N) is 1. The van der Waals surface area contributed by atoms with Crippen molar-refractivity contribution in [1.82, 2.24) is 10.1 Å². The second-order valence-corrected chi connectivity index (χ2v) is 7.39. The Kier molecular flexibility index (Phi) is 4.29. The smallest absolute Gasteiger partial charge is 0.233 e. The van der Waals surface area contributed by atoms with Crippen molar-refractivity contribution in [2.24, 2.45) is 5.73 Å². The van der Waals surface area contributed by atoms with Crippen molar-refractivity contribution in [2.45, 2.75) is 49.7 Å². The van der Waals surface area contributed by atoms with Crippen molar-refractivity contribution in [3.63, 3.8) is 0 Å². The first-order valence-corrected chi connectivity index (χ1v) is 7.24. The quantitative estimate of drug-likeness (QED) is 0.905. The first kappa shape index (κ1) is 13.8. The van der Waals surface area contributed by atoms with Crippen molar-refractivity contribution in [3.05, 3.63) is 11.7 Å². The SMILES string of the molecule is CC(C)(C)SCc1noc(C2COCCC2N)n1. The molecule has 2 unspecified atom stereocenters. The van der Waals surface area contributed by atoms with Gasteiger partial charge in [-0.1, -0.05) is 25.9 Å². The van der Waals surface area contributed by atoms with Crippen LogP contribution in [0.5, 0.6) is 0 Å². The van der Waals surface area contributed by atoms with Gasteiger partial charge in [-0.2, -0.15) is 4.98 Å². The van der Waals surface area contributed by atoms with Crippen LogP contribution in [0, 0.1) is 0 Å². The fourth-order valence-corrected chi connectivity index (χ4v) is 2.45. The van der Waals surface area contributed by atoms with Crippen LogP contribution in [0.25, 0.3) is 0 Å². The summed E-state index contributed by atoms with van der Waals surface area (Å²) in [5.74, 6) is 2.16. The van der Waals surface area contributed by atoms with Gasteiger partial charge in [0.1, 0.15) is 0 Å². The summed E-state index contributed by atoms with van der Waals surface area (Å²) in [6.45, 7) is 7.81. The lowest BCUT2D eigenvalue weighted by atomic mass is 9.97. The highest BCUT2D eigenvalue weighted by molar-refractivity contribution is 7.99. The van der Waals surface area contributed by atoms with Gasteiger partial charge in [-0.3, -0.25) is 0 Å². The average Bonchev–Trinajstić information content (AvgIpc) is 2.75. The number of nitrogens with zero attached hydrogens (tertiary/aromatic N) is 2. The molecule has 0 bridgehead atoms. The van der Waals surface area contributed by atoms with Crippen LogP contribution >= 0.6 is 11.8 Å². The molecule has 6 heteroatoms. The summed E-state index contributed by atoms with van der Waals surface area (Å²) in [4.78, 5) is 4.43. The molecule has 0 aromatic carbocycles. The second-order valence-electron chi connectivity index (χ2n) is 5.58. The lowest BCUT2D eigenvalue weighted by molar-refractivity contribution is 0.0590. The maximum absolute atomic E-state index is 6.05. The van der Waals surface area contributed by atoms with Crippen molar-refractivity contribution in [3.8, 4) is 0 Å². The predicted octanol–water partition coefficient (Wildman–Crippen LogP) is 1.93. The number of aromatic nitrogens is 2. The van der Waals surface area contributed by atoms with E-state index in [0.717, 1.165) is 24.6 Å². The van der Waals surface area contributed by atoms with Crippen molar-refractivity contribution in [1.29, 1.82) is 0 Å². The molecule has 1 saturated heterocycles. The van der Waals surface area contributed by atoms with Crippen LogP contribution in [-0.4, -0.2) is 34.1 Å². The van der Waals surface area contributed by atoms with E-state index in [4.69, 9.17) is 15.0 Å². The molecule has 2 heterocycles. The van der Waals surface area contributed by atoms with E-state index < -0.39 is 0 Å². The molecule has 5 nitrogen and oxygen atoms in total. The molecule has 2 N–H and O–H groups in total. The minimum absolute atomic E-state index is 0.0413. The van der Waals surface area contributed by atoms with E-state index in [9.17, 15) is 0 Å². The normalized spacial score (nSPS) is 25.3. The van der Waals surface area contributed by atoms with Gasteiger partial charge in [-0.25, -0.2) is 0 Å². The minimum atomic E-state index is 0.0413. The Labute approximate surface area is 112 Å². The van der Waals surface area contributed by atoms with Crippen molar-refractivity contribution < 1.29 is 9.26 Å². The molecule has 0 aliphatic carbocycles. The number of rotatable bonds is 3. The molecular formula is C12H21N3O2S. The predicted molar refractivity (Wildman–Crippen MR) is 71.5 cm³/mol. The fourth-order valence-electron chi connectivity index (χ4n) is 1.77. The molecule has 2 atom stereocenters. The molecule has 0 radical (unpaired) electrons. The molecule has 0 amide bonds. The van der Waals surface area contributed by atoms with Crippen LogP contribution in [0.4, 0.5) is 0 Å². The molecule has 18 heavy (non-hydrogen) atoms. The first-order valence-electron chi connectivity index (χ1n) is 6.25. The van der Waals surface area contributed by atoms with Crippen molar-refractivity contribution >= 4 is 11.8 Å². The maximum atomic E-state index is 6.05. The lowest BCUT2D eigenvalue weighted by Gasteiger charge is -2.25. The Morgan fingerprint density at radius 3 is 2.89 bits per heavy atom. The molecule has 102 valence electrons. The van der Waals surface area contributed by atoms with Crippen LogP contribution in [0.1, 0.15) is 44.8 Å². The van der Waals surface area contributed by atoms with E-state index in [1.54, 1.807) is 11.8 Å². The fraction of sp³-hybridized carbons (Fsp3) is 0.833. The van der Waals surface area contributed by atoms with Gasteiger partial charge in [-0.05, 0) is 6.42 Å². The molecule has 2 rings (SSSR count). The topological polar surface area (TPSA) is 74.2 Å². The van der Waals surface area contributed by atoms with Gasteiger partial charge in [0.15, 0.2) is 5.82 Å². The summed E-state index contributed by atoms with van der Waals surface area (Å²) >= 11 is 1.80. The average molecular weight is 271 g/mol. The summed E-state index contributed by atoms with van der Waals surface area (Å²) in [5.41, 5.74) is 6.05. The van der Waals surface area contributed by atoms with Gasteiger partial charge in [0.05, 0.1) is 18.3 Å². The van der Waals surface area contributed by atoms with Crippen molar-refractivity contribution in [2.75, 3.05) is 13.2 Å². The van der Waals surface area contributed by atoms with Crippen LogP contribution in [-0.2, 0) is 10.5 Å². The third-order valence-electron chi connectivity index (χ3n) is 2.85. The number of ether oxygens (including phenoxy) is 1. The lowest BCUT2D eigenvalue weighted by Crippen LogP contribution is -2.37. The zero-order chi connectivity index (χ0) is 13.2. The number of hydrogen-bond acceptors (Lipinski definition) is 6. The molecule has 0 spiro atoms. The zero-order valence-electron chi connectivity index (χ0n) is 11.2. The molecule has 1 fully saturated rings. The van der Waals surface area contributed by atoms with Gasteiger partial charge in [0, 0.05) is 17.4 Å². The molecule has 1 aliphatic heterocycles. The molecule has 1 aromatic rings. The Hall–Kier alpha value is -0.590. The standard InChI is InChI=1S/C12H21N3O2S/c1-12(2,3)18-7-10-14-11(17-15-10)8-6-16-5-4-9(8)13/h8-9H,4-7,13H2,1-3H3. The van der Waals surface area contributed by atoms with Gasteiger partial charge >= 0.3 is 0 Å². The minimum Gasteiger partial charge on any atom is -0.381 e. The first-order chi connectivity index (χ1) is 8.46. The summed E-state index contributed by atoms with van der Waals surface area (Å²) in [6, 6.07) is 0.0577. The second kappa shape index (κ2) is 5.59. The van der Waals surface area contributed by atoms with Gasteiger partial charge in [0.2, 0.25) is 5.89 Å². The summed E-state index contributed by atoms with van der Waals surface area (Å²) in [6.07, 6.45) is 0.846. The zero-order valence-corrected chi connectivity index (χ0v) is 12.0. The third kappa shape index (κ3) is 3.70. The Morgan fingerprint density at radius 2 is 2.22 bits per heavy atom. The van der Waals surface area contributed by atoms with E-state index in [2.05, 4.69) is 30.9 Å². The Morgan fingerprint density at radius 1 is 1.44 bits per heavy atom. The van der Waals surface area contributed by atoms with Crippen LogP contribution in [0.15, 0.2) is 4.52 Å². The van der Waals surface area contributed by atoms with Crippen LogP contribution < -0.4 is 5.73 Å². The summed E-state index contributed by atoms with van der Waals surface area (Å²) < 4.78 is 10.9. The highest BCUT2D eigenvalue weighted by atomic mass is 32.2. The van der Waals surface area contributed by atoms with E-state index in [0.29, 0.717) is 12.5 Å². The molecule has 0 saturated carbocycles.